The van der Waals surface area contributed by atoms with Crippen LogP contribution in [0.25, 0.3) is 10.8 Å². The van der Waals surface area contributed by atoms with Gasteiger partial charge in [0.25, 0.3) is 0 Å². The summed E-state index contributed by atoms with van der Waals surface area (Å²) >= 11 is 6.52. The first kappa shape index (κ1) is 17.8. The molecule has 1 heterocycles. The molecule has 0 radical (unpaired) electrons. The van der Waals surface area contributed by atoms with E-state index in [1.54, 1.807) is 30.3 Å². The molecule has 4 aromatic rings. The topological polar surface area (TPSA) is 70.8 Å². The highest BCUT2D eigenvalue weighted by Crippen LogP contribution is 2.35. The highest BCUT2D eigenvalue weighted by molar-refractivity contribution is 6.37. The standard InChI is InChI=1S/C22H15ClN4O/c1-14-12-20(27-22(25-14)26-17-9-6-15(13-24)7-10-17)28-19-11-8-16-4-2-3-5-18(16)21(19)23/h2-12H,1H3,(H,25,26,27). The van der Waals surface area contributed by atoms with Crippen molar-refractivity contribution in [1.29, 1.82) is 5.26 Å². The summed E-state index contributed by atoms with van der Waals surface area (Å²) in [5.41, 5.74) is 2.11. The fraction of sp³-hybridized carbons (Fsp3) is 0.0455. The Morgan fingerprint density at radius 2 is 1.79 bits per heavy atom. The van der Waals surface area contributed by atoms with E-state index in [1.807, 2.05) is 43.3 Å². The number of aromatic nitrogens is 2. The van der Waals surface area contributed by atoms with Crippen LogP contribution in [0.15, 0.2) is 66.7 Å². The average molecular weight is 387 g/mol. The predicted octanol–water partition coefficient (Wildman–Crippen LogP) is 6.00. The van der Waals surface area contributed by atoms with Gasteiger partial charge in [-0.15, -0.1) is 0 Å². The van der Waals surface area contributed by atoms with Gasteiger partial charge < -0.3 is 10.1 Å². The third kappa shape index (κ3) is 3.73. The second-order valence-corrected chi connectivity index (χ2v) is 6.56. The van der Waals surface area contributed by atoms with Crippen LogP contribution in [0.2, 0.25) is 5.02 Å². The maximum atomic E-state index is 8.90. The van der Waals surface area contributed by atoms with E-state index in [-0.39, 0.29) is 0 Å². The van der Waals surface area contributed by atoms with Gasteiger partial charge in [-0.1, -0.05) is 41.9 Å². The second-order valence-electron chi connectivity index (χ2n) is 6.19. The molecule has 0 aliphatic rings. The third-order valence-electron chi connectivity index (χ3n) is 4.14. The van der Waals surface area contributed by atoms with E-state index in [0.29, 0.717) is 28.2 Å². The molecular formula is C22H15ClN4O. The van der Waals surface area contributed by atoms with E-state index < -0.39 is 0 Å². The first-order valence-electron chi connectivity index (χ1n) is 8.60. The zero-order valence-corrected chi connectivity index (χ0v) is 15.7. The number of anilines is 2. The van der Waals surface area contributed by atoms with Gasteiger partial charge in [0.05, 0.1) is 16.7 Å². The lowest BCUT2D eigenvalue weighted by molar-refractivity contribution is 0.463. The van der Waals surface area contributed by atoms with Crippen molar-refractivity contribution in [3.63, 3.8) is 0 Å². The van der Waals surface area contributed by atoms with Crippen LogP contribution in [0.4, 0.5) is 11.6 Å². The third-order valence-corrected chi connectivity index (χ3v) is 4.53. The second kappa shape index (κ2) is 7.55. The first-order chi connectivity index (χ1) is 13.6. The average Bonchev–Trinajstić information content (AvgIpc) is 2.70. The fourth-order valence-electron chi connectivity index (χ4n) is 2.81. The summed E-state index contributed by atoms with van der Waals surface area (Å²) in [6, 6.07) is 22.5. The van der Waals surface area contributed by atoms with E-state index >= 15 is 0 Å². The number of hydrogen-bond donors (Lipinski definition) is 1. The van der Waals surface area contributed by atoms with Crippen LogP contribution in [-0.4, -0.2) is 9.97 Å². The van der Waals surface area contributed by atoms with Gasteiger partial charge in [0.2, 0.25) is 11.8 Å². The SMILES string of the molecule is Cc1cc(Oc2ccc3ccccc3c2Cl)nc(Nc2ccc(C#N)cc2)n1. The van der Waals surface area contributed by atoms with Gasteiger partial charge >= 0.3 is 0 Å². The molecular weight excluding hydrogens is 372 g/mol. The zero-order valence-electron chi connectivity index (χ0n) is 15.0. The summed E-state index contributed by atoms with van der Waals surface area (Å²) in [5.74, 6) is 1.32. The number of hydrogen-bond acceptors (Lipinski definition) is 5. The van der Waals surface area contributed by atoms with Crippen LogP contribution >= 0.6 is 11.6 Å². The first-order valence-corrected chi connectivity index (χ1v) is 8.98. The van der Waals surface area contributed by atoms with Gasteiger partial charge in [-0.3, -0.25) is 0 Å². The van der Waals surface area contributed by atoms with Crippen molar-refractivity contribution in [2.24, 2.45) is 0 Å². The zero-order chi connectivity index (χ0) is 19.5. The number of benzene rings is 3. The van der Waals surface area contributed by atoms with Crippen LogP contribution in [-0.2, 0) is 0 Å². The summed E-state index contributed by atoms with van der Waals surface area (Å²) in [6.07, 6.45) is 0. The van der Waals surface area contributed by atoms with E-state index in [4.69, 9.17) is 21.6 Å². The number of nitriles is 1. The van der Waals surface area contributed by atoms with Crippen molar-refractivity contribution < 1.29 is 4.74 Å². The molecule has 0 amide bonds. The molecule has 6 heteroatoms. The maximum Gasteiger partial charge on any atom is 0.230 e. The molecule has 136 valence electrons. The molecule has 0 saturated carbocycles. The smallest absolute Gasteiger partial charge is 0.230 e. The quantitative estimate of drug-likeness (QED) is 0.465. The minimum atomic E-state index is 0.390. The molecule has 1 aromatic heterocycles. The summed E-state index contributed by atoms with van der Waals surface area (Å²) in [5, 5.41) is 14.5. The molecule has 0 atom stereocenters. The predicted molar refractivity (Wildman–Crippen MR) is 110 cm³/mol. The number of nitrogens with one attached hydrogen (secondary N) is 1. The van der Waals surface area contributed by atoms with Crippen molar-refractivity contribution >= 4 is 34.0 Å². The van der Waals surface area contributed by atoms with Crippen molar-refractivity contribution in [2.75, 3.05) is 5.32 Å². The Morgan fingerprint density at radius 1 is 1.00 bits per heavy atom. The van der Waals surface area contributed by atoms with Crippen LogP contribution < -0.4 is 10.1 Å². The lowest BCUT2D eigenvalue weighted by atomic mass is 10.1. The lowest BCUT2D eigenvalue weighted by Crippen LogP contribution is -2.00. The number of ether oxygens (including phenoxy) is 1. The molecule has 28 heavy (non-hydrogen) atoms. The summed E-state index contributed by atoms with van der Waals surface area (Å²) in [4.78, 5) is 8.81. The molecule has 0 aliphatic heterocycles. The van der Waals surface area contributed by atoms with Crippen molar-refractivity contribution in [1.82, 2.24) is 9.97 Å². The van der Waals surface area contributed by atoms with Crippen molar-refractivity contribution in [2.45, 2.75) is 6.92 Å². The number of halogens is 1. The minimum absolute atomic E-state index is 0.390. The summed E-state index contributed by atoms with van der Waals surface area (Å²) in [6.45, 7) is 1.86. The number of fused-ring (bicyclic) bond motifs is 1. The van der Waals surface area contributed by atoms with Gasteiger partial charge in [-0.05, 0) is 42.6 Å². The van der Waals surface area contributed by atoms with Gasteiger partial charge in [0.1, 0.15) is 5.75 Å². The maximum absolute atomic E-state index is 8.90. The van der Waals surface area contributed by atoms with Crippen LogP contribution in [0.1, 0.15) is 11.3 Å². The molecule has 0 aliphatic carbocycles. The fourth-order valence-corrected chi connectivity index (χ4v) is 3.08. The molecule has 3 aromatic carbocycles. The molecule has 0 fully saturated rings. The van der Waals surface area contributed by atoms with Crippen LogP contribution in [0, 0.1) is 18.3 Å². The van der Waals surface area contributed by atoms with Crippen molar-refractivity contribution in [3.05, 3.63) is 83.0 Å². The lowest BCUT2D eigenvalue weighted by Gasteiger charge is -2.11. The van der Waals surface area contributed by atoms with Gasteiger partial charge in [-0.2, -0.15) is 10.2 Å². The Hall–Kier alpha value is -3.62. The van der Waals surface area contributed by atoms with Crippen LogP contribution in [0.5, 0.6) is 11.6 Å². The molecule has 5 nitrogen and oxygen atoms in total. The molecule has 0 unspecified atom stereocenters. The highest BCUT2D eigenvalue weighted by Gasteiger charge is 2.10. The number of nitrogens with zero attached hydrogens (tertiary/aromatic N) is 3. The summed E-state index contributed by atoms with van der Waals surface area (Å²) in [7, 11) is 0. The molecule has 0 saturated heterocycles. The molecule has 1 N–H and O–H groups in total. The van der Waals surface area contributed by atoms with Gasteiger partial charge in [0.15, 0.2) is 0 Å². The Kier molecular flexibility index (Phi) is 4.79. The Labute approximate surface area is 167 Å². The number of rotatable bonds is 4. The summed E-state index contributed by atoms with van der Waals surface area (Å²) < 4.78 is 5.95. The minimum Gasteiger partial charge on any atom is -0.437 e. The van der Waals surface area contributed by atoms with E-state index in [9.17, 15) is 0 Å². The van der Waals surface area contributed by atoms with E-state index in [1.165, 1.54) is 0 Å². The normalized spacial score (nSPS) is 10.5. The Balaban J connectivity index is 1.62. The van der Waals surface area contributed by atoms with Gasteiger partial charge in [0, 0.05) is 22.8 Å². The molecule has 0 spiro atoms. The van der Waals surface area contributed by atoms with Crippen molar-refractivity contribution in [3.8, 4) is 17.7 Å². The number of aryl methyl sites for hydroxylation is 1. The Bertz CT molecular complexity index is 1200. The monoisotopic (exact) mass is 386 g/mol. The highest BCUT2D eigenvalue weighted by atomic mass is 35.5. The largest absolute Gasteiger partial charge is 0.437 e. The molecule has 4 rings (SSSR count). The van der Waals surface area contributed by atoms with Gasteiger partial charge in [-0.25, -0.2) is 4.98 Å². The van der Waals surface area contributed by atoms with E-state index in [2.05, 4.69) is 21.4 Å². The Morgan fingerprint density at radius 3 is 2.57 bits per heavy atom. The molecule has 0 bridgehead atoms. The van der Waals surface area contributed by atoms with Crippen LogP contribution in [0.3, 0.4) is 0 Å². The van der Waals surface area contributed by atoms with E-state index in [0.717, 1.165) is 22.2 Å².